The number of carbonyl (C=O) groups is 2. The maximum atomic E-state index is 12.9. The molecule has 0 atom stereocenters. The first-order valence-electron chi connectivity index (χ1n) is 10.2. The van der Waals surface area contributed by atoms with Crippen molar-refractivity contribution in [3.05, 3.63) is 101 Å². The first-order valence-corrected chi connectivity index (χ1v) is 10.5. The number of hydrogen-bond donors (Lipinski definition) is 2. The van der Waals surface area contributed by atoms with E-state index < -0.39 is 11.8 Å². The van der Waals surface area contributed by atoms with Gasteiger partial charge in [0.25, 0.3) is 11.8 Å². The molecular formula is C25H18ClN5O3. The highest BCUT2D eigenvalue weighted by Gasteiger charge is 2.19. The lowest BCUT2D eigenvalue weighted by molar-refractivity contribution is -0.123. The SMILES string of the molecule is N#Cc1ccc(OCC(=O)NNC(=O)c2cn(-c3ccccc3)nc2-c2ccc(Cl)cc2)cc1. The van der Waals surface area contributed by atoms with Crippen molar-refractivity contribution in [1.29, 1.82) is 5.26 Å². The van der Waals surface area contributed by atoms with Crippen molar-refractivity contribution in [1.82, 2.24) is 20.6 Å². The van der Waals surface area contributed by atoms with Crippen molar-refractivity contribution >= 4 is 23.4 Å². The van der Waals surface area contributed by atoms with Gasteiger partial charge in [0.05, 0.1) is 22.9 Å². The Morgan fingerprint density at radius 2 is 1.68 bits per heavy atom. The third-order valence-corrected chi connectivity index (χ3v) is 5.02. The molecule has 34 heavy (non-hydrogen) atoms. The number of nitrogens with one attached hydrogen (secondary N) is 2. The molecule has 0 aliphatic carbocycles. The van der Waals surface area contributed by atoms with Gasteiger partial charge in [0, 0.05) is 16.8 Å². The van der Waals surface area contributed by atoms with Crippen LogP contribution < -0.4 is 15.6 Å². The molecule has 2 N–H and O–H groups in total. The van der Waals surface area contributed by atoms with Crippen LogP contribution in [0.1, 0.15) is 15.9 Å². The molecule has 0 bridgehead atoms. The maximum Gasteiger partial charge on any atom is 0.276 e. The fraction of sp³-hybridized carbons (Fsp3) is 0.0400. The van der Waals surface area contributed by atoms with Crippen molar-refractivity contribution < 1.29 is 14.3 Å². The molecule has 0 spiro atoms. The van der Waals surface area contributed by atoms with Gasteiger partial charge in [-0.1, -0.05) is 41.9 Å². The number of halogens is 1. The van der Waals surface area contributed by atoms with Crippen LogP contribution in [-0.4, -0.2) is 28.2 Å². The van der Waals surface area contributed by atoms with Crippen LogP contribution in [0.2, 0.25) is 5.02 Å². The molecule has 0 aliphatic rings. The zero-order valence-electron chi connectivity index (χ0n) is 17.7. The minimum atomic E-state index is -0.554. The maximum absolute atomic E-state index is 12.9. The number of hydrazine groups is 1. The van der Waals surface area contributed by atoms with Gasteiger partial charge in [-0.2, -0.15) is 10.4 Å². The number of nitriles is 1. The van der Waals surface area contributed by atoms with Gasteiger partial charge in [0.15, 0.2) is 6.61 Å². The van der Waals surface area contributed by atoms with Gasteiger partial charge in [-0.3, -0.25) is 20.4 Å². The predicted octanol–water partition coefficient (Wildman–Crippen LogP) is 3.90. The van der Waals surface area contributed by atoms with Crippen molar-refractivity contribution in [2.24, 2.45) is 0 Å². The molecule has 1 aromatic heterocycles. The molecule has 0 fully saturated rings. The van der Waals surface area contributed by atoms with E-state index in [-0.39, 0.29) is 12.2 Å². The molecule has 0 aliphatic heterocycles. The highest BCUT2D eigenvalue weighted by atomic mass is 35.5. The van der Waals surface area contributed by atoms with E-state index in [0.29, 0.717) is 27.6 Å². The molecule has 0 saturated carbocycles. The van der Waals surface area contributed by atoms with E-state index in [1.807, 2.05) is 36.4 Å². The highest BCUT2D eigenvalue weighted by molar-refractivity contribution is 6.30. The summed E-state index contributed by atoms with van der Waals surface area (Å²) in [5.74, 6) is -0.672. The Morgan fingerprint density at radius 1 is 0.971 bits per heavy atom. The Labute approximate surface area is 200 Å². The zero-order chi connectivity index (χ0) is 23.9. The summed E-state index contributed by atoms with van der Waals surface area (Å²) in [7, 11) is 0. The minimum Gasteiger partial charge on any atom is -0.484 e. The lowest BCUT2D eigenvalue weighted by Crippen LogP contribution is -2.43. The van der Waals surface area contributed by atoms with Crippen LogP contribution in [-0.2, 0) is 4.79 Å². The summed E-state index contributed by atoms with van der Waals surface area (Å²) >= 11 is 6.00. The summed E-state index contributed by atoms with van der Waals surface area (Å²) in [6, 6.07) is 24.6. The second-order valence-electron chi connectivity index (χ2n) is 7.11. The first-order chi connectivity index (χ1) is 16.5. The molecule has 4 aromatic rings. The van der Waals surface area contributed by atoms with Crippen LogP contribution in [0.3, 0.4) is 0 Å². The van der Waals surface area contributed by atoms with Gasteiger partial charge in [-0.05, 0) is 48.5 Å². The second kappa shape index (κ2) is 10.3. The topological polar surface area (TPSA) is 109 Å². The predicted molar refractivity (Wildman–Crippen MR) is 126 cm³/mol. The van der Waals surface area contributed by atoms with Gasteiger partial charge in [0.2, 0.25) is 0 Å². The summed E-state index contributed by atoms with van der Waals surface area (Å²) in [5.41, 5.74) is 7.38. The van der Waals surface area contributed by atoms with Crippen LogP contribution in [0.25, 0.3) is 16.9 Å². The number of rotatable bonds is 6. The fourth-order valence-corrected chi connectivity index (χ4v) is 3.20. The van der Waals surface area contributed by atoms with Gasteiger partial charge in [0.1, 0.15) is 11.4 Å². The zero-order valence-corrected chi connectivity index (χ0v) is 18.5. The summed E-state index contributed by atoms with van der Waals surface area (Å²) < 4.78 is 6.96. The average molecular weight is 472 g/mol. The number of ether oxygens (including phenoxy) is 1. The number of aromatic nitrogens is 2. The molecule has 0 radical (unpaired) electrons. The molecule has 0 unspecified atom stereocenters. The third kappa shape index (κ3) is 5.41. The Balaban J connectivity index is 1.46. The van der Waals surface area contributed by atoms with Crippen LogP contribution in [0.15, 0.2) is 85.1 Å². The van der Waals surface area contributed by atoms with E-state index in [2.05, 4.69) is 16.0 Å². The number of carbonyl (C=O) groups excluding carboxylic acids is 2. The molecular weight excluding hydrogens is 454 g/mol. The van der Waals surface area contributed by atoms with Crippen molar-refractivity contribution in [3.8, 4) is 28.8 Å². The molecule has 0 saturated heterocycles. The molecule has 9 heteroatoms. The van der Waals surface area contributed by atoms with Crippen molar-refractivity contribution in [2.45, 2.75) is 0 Å². The molecule has 4 rings (SSSR count). The quantitative estimate of drug-likeness (QED) is 0.414. The minimum absolute atomic E-state index is 0.263. The van der Waals surface area contributed by atoms with Gasteiger partial charge in [-0.25, -0.2) is 4.68 Å². The van der Waals surface area contributed by atoms with E-state index in [1.54, 1.807) is 59.4 Å². The summed E-state index contributed by atoms with van der Waals surface area (Å²) in [5, 5.41) is 14.0. The summed E-state index contributed by atoms with van der Waals surface area (Å²) in [6.45, 7) is -0.320. The number of nitrogens with zero attached hydrogens (tertiary/aromatic N) is 3. The normalized spacial score (nSPS) is 10.2. The lowest BCUT2D eigenvalue weighted by Gasteiger charge is -2.09. The van der Waals surface area contributed by atoms with Crippen LogP contribution in [0, 0.1) is 11.3 Å². The van der Waals surface area contributed by atoms with E-state index in [0.717, 1.165) is 5.69 Å². The Bertz CT molecular complexity index is 1340. The van der Waals surface area contributed by atoms with Gasteiger partial charge >= 0.3 is 0 Å². The molecule has 1 heterocycles. The number of para-hydroxylation sites is 1. The van der Waals surface area contributed by atoms with E-state index in [1.165, 1.54) is 0 Å². The first kappa shape index (κ1) is 22.6. The van der Waals surface area contributed by atoms with Crippen molar-refractivity contribution in [2.75, 3.05) is 6.61 Å². The lowest BCUT2D eigenvalue weighted by atomic mass is 10.1. The fourth-order valence-electron chi connectivity index (χ4n) is 3.08. The smallest absolute Gasteiger partial charge is 0.276 e. The molecule has 3 aromatic carbocycles. The standard InChI is InChI=1S/C25H18ClN5O3/c26-19-10-8-18(9-11-19)24-22(15-31(30-24)20-4-2-1-3-5-20)25(33)29-28-23(32)16-34-21-12-6-17(14-27)7-13-21/h1-13,15H,16H2,(H,28,32)(H,29,33). The largest absolute Gasteiger partial charge is 0.484 e. The van der Waals surface area contributed by atoms with E-state index >= 15 is 0 Å². The van der Waals surface area contributed by atoms with E-state index in [9.17, 15) is 9.59 Å². The monoisotopic (exact) mass is 471 g/mol. The Hall–Kier alpha value is -4.61. The van der Waals surface area contributed by atoms with Crippen LogP contribution in [0.4, 0.5) is 0 Å². The number of amides is 2. The van der Waals surface area contributed by atoms with Crippen LogP contribution in [0.5, 0.6) is 5.75 Å². The van der Waals surface area contributed by atoms with Gasteiger partial charge in [-0.15, -0.1) is 0 Å². The van der Waals surface area contributed by atoms with Crippen molar-refractivity contribution in [3.63, 3.8) is 0 Å². The Kier molecular flexibility index (Phi) is 6.87. The Morgan fingerprint density at radius 3 is 2.35 bits per heavy atom. The summed E-state index contributed by atoms with van der Waals surface area (Å²) in [4.78, 5) is 25.1. The number of benzene rings is 3. The van der Waals surface area contributed by atoms with Crippen LogP contribution >= 0.6 is 11.6 Å². The van der Waals surface area contributed by atoms with Gasteiger partial charge < -0.3 is 4.74 Å². The third-order valence-electron chi connectivity index (χ3n) is 4.77. The molecule has 168 valence electrons. The van der Waals surface area contributed by atoms with E-state index in [4.69, 9.17) is 21.6 Å². The summed E-state index contributed by atoms with van der Waals surface area (Å²) in [6.07, 6.45) is 1.59. The molecule has 8 nitrogen and oxygen atoms in total. The second-order valence-corrected chi connectivity index (χ2v) is 7.54. The average Bonchev–Trinajstić information content (AvgIpc) is 3.33. The number of hydrogen-bond acceptors (Lipinski definition) is 5. The molecule has 2 amide bonds. The highest BCUT2D eigenvalue weighted by Crippen LogP contribution is 2.25.